The van der Waals surface area contributed by atoms with Crippen molar-refractivity contribution < 1.29 is 41.9 Å². The van der Waals surface area contributed by atoms with Gasteiger partial charge in [-0.15, -0.1) is 0 Å². The smallest absolute Gasteiger partial charge is 0.431 e. The van der Waals surface area contributed by atoms with Crippen molar-refractivity contribution in [1.82, 2.24) is 14.1 Å². The number of pyridine rings is 1. The Balaban J connectivity index is 2.20. The maximum atomic E-state index is 14.8. The van der Waals surface area contributed by atoms with E-state index in [1.165, 1.54) is 25.3 Å². The molecule has 0 aliphatic carbocycles. The van der Waals surface area contributed by atoms with E-state index in [0.29, 0.717) is 19.2 Å². The van der Waals surface area contributed by atoms with Gasteiger partial charge in [0, 0.05) is 25.4 Å². The number of nitro benzene ring substituents is 1. The van der Waals surface area contributed by atoms with Crippen LogP contribution in [0, 0.1) is 15.9 Å². The largest absolute Gasteiger partial charge is 0.479 e. The predicted octanol–water partition coefficient (Wildman–Crippen LogP) is 3.03. The Morgan fingerprint density at radius 3 is 2.49 bits per heavy atom. The number of rotatable bonds is 8. The standard InChI is InChI=1S/C21H16F4N4O8/c1-3-13(19(31)32)37-18-14(5-4-6-26-18)36-15-8-11(10(22)7-12(15)29(34)35)28-17(30)9-16(21(23,24)25)27(2)20(28)33/h4-9,13H,3H2,1-2H3,(H,31,32). The number of alkyl halides is 3. The molecule has 2 aromatic heterocycles. The number of ether oxygens (including phenoxy) is 2. The van der Waals surface area contributed by atoms with E-state index in [4.69, 9.17) is 9.47 Å². The van der Waals surface area contributed by atoms with Crippen LogP contribution in [0.4, 0.5) is 23.2 Å². The number of carboxylic acid groups (broad SMARTS) is 1. The SMILES string of the molecule is CCC(Oc1ncccc1Oc1cc(-n2c(=O)cc(C(F)(F)F)n(C)c2=O)c(F)cc1[N+](=O)[O-])C(=O)O. The first-order chi connectivity index (χ1) is 17.3. The Labute approximate surface area is 203 Å². The Morgan fingerprint density at radius 2 is 1.92 bits per heavy atom. The number of halogens is 4. The zero-order valence-corrected chi connectivity index (χ0v) is 18.9. The molecule has 2 heterocycles. The van der Waals surface area contributed by atoms with Gasteiger partial charge in [-0.25, -0.2) is 23.5 Å². The third-order valence-corrected chi connectivity index (χ3v) is 4.93. The molecule has 0 spiro atoms. The average Bonchev–Trinajstić information content (AvgIpc) is 2.81. The zero-order valence-electron chi connectivity index (χ0n) is 18.9. The van der Waals surface area contributed by atoms with Crippen molar-refractivity contribution in [2.45, 2.75) is 25.6 Å². The molecule has 196 valence electrons. The molecule has 0 saturated carbocycles. The Hall–Kier alpha value is -4.76. The average molecular weight is 528 g/mol. The summed E-state index contributed by atoms with van der Waals surface area (Å²) in [5, 5.41) is 20.7. The number of carboxylic acids is 1. The summed E-state index contributed by atoms with van der Waals surface area (Å²) in [6.07, 6.45) is -5.24. The van der Waals surface area contributed by atoms with Crippen LogP contribution < -0.4 is 20.7 Å². The van der Waals surface area contributed by atoms with Crippen molar-refractivity contribution in [1.29, 1.82) is 0 Å². The van der Waals surface area contributed by atoms with Gasteiger partial charge in [-0.2, -0.15) is 13.2 Å². The maximum absolute atomic E-state index is 14.8. The van der Waals surface area contributed by atoms with E-state index in [0.717, 1.165) is 0 Å². The summed E-state index contributed by atoms with van der Waals surface area (Å²) in [7, 11) is 0.702. The van der Waals surface area contributed by atoms with Crippen LogP contribution in [0.5, 0.6) is 17.4 Å². The van der Waals surface area contributed by atoms with Crippen molar-refractivity contribution in [3.05, 3.63) is 79.0 Å². The number of hydrogen-bond donors (Lipinski definition) is 1. The molecule has 0 fully saturated rings. The Morgan fingerprint density at radius 1 is 1.24 bits per heavy atom. The van der Waals surface area contributed by atoms with Crippen molar-refractivity contribution >= 4 is 11.7 Å². The molecule has 0 aliphatic rings. The first kappa shape index (κ1) is 26.8. The highest BCUT2D eigenvalue weighted by atomic mass is 19.4. The van der Waals surface area contributed by atoms with Gasteiger partial charge in [-0.3, -0.25) is 19.5 Å². The van der Waals surface area contributed by atoms with Crippen molar-refractivity contribution in [2.75, 3.05) is 0 Å². The fourth-order valence-corrected chi connectivity index (χ4v) is 3.15. The molecule has 37 heavy (non-hydrogen) atoms. The fraction of sp³-hybridized carbons (Fsp3) is 0.238. The lowest BCUT2D eigenvalue weighted by atomic mass is 10.2. The number of aromatic nitrogens is 3. The molecule has 1 atom stereocenters. The van der Waals surface area contributed by atoms with Crippen LogP contribution in [0.25, 0.3) is 5.69 Å². The highest BCUT2D eigenvalue weighted by Gasteiger charge is 2.35. The normalized spacial score (nSPS) is 12.2. The van der Waals surface area contributed by atoms with Gasteiger partial charge in [0.25, 0.3) is 11.4 Å². The number of benzene rings is 1. The van der Waals surface area contributed by atoms with Crippen LogP contribution in [-0.4, -0.2) is 36.2 Å². The van der Waals surface area contributed by atoms with Crippen LogP contribution >= 0.6 is 0 Å². The lowest BCUT2D eigenvalue weighted by molar-refractivity contribution is -0.385. The zero-order chi connectivity index (χ0) is 27.7. The van der Waals surface area contributed by atoms with Crippen LogP contribution in [0.3, 0.4) is 0 Å². The highest BCUT2D eigenvalue weighted by molar-refractivity contribution is 5.72. The number of carbonyl (C=O) groups is 1. The van der Waals surface area contributed by atoms with Gasteiger partial charge in [0.2, 0.25) is 5.75 Å². The molecule has 1 aromatic carbocycles. The molecule has 16 heteroatoms. The van der Waals surface area contributed by atoms with Crippen LogP contribution in [-0.2, 0) is 18.0 Å². The Bertz CT molecular complexity index is 1500. The van der Waals surface area contributed by atoms with E-state index >= 15 is 0 Å². The second kappa shape index (κ2) is 10.1. The van der Waals surface area contributed by atoms with Crippen LogP contribution in [0.2, 0.25) is 0 Å². The van der Waals surface area contributed by atoms with Crippen molar-refractivity contribution in [3.63, 3.8) is 0 Å². The third kappa shape index (κ3) is 5.41. The molecule has 3 aromatic rings. The van der Waals surface area contributed by atoms with Gasteiger partial charge in [0.1, 0.15) is 5.69 Å². The first-order valence-corrected chi connectivity index (χ1v) is 10.2. The fourth-order valence-electron chi connectivity index (χ4n) is 3.15. The van der Waals surface area contributed by atoms with Crippen LogP contribution in [0.1, 0.15) is 19.0 Å². The van der Waals surface area contributed by atoms with E-state index in [-0.39, 0.29) is 27.4 Å². The molecular weight excluding hydrogens is 512 g/mol. The van der Waals surface area contributed by atoms with Crippen molar-refractivity contribution in [3.8, 4) is 23.1 Å². The molecule has 1 N–H and O–H groups in total. The van der Waals surface area contributed by atoms with Gasteiger partial charge in [-0.1, -0.05) is 6.92 Å². The quantitative estimate of drug-likeness (QED) is 0.264. The van der Waals surface area contributed by atoms with E-state index < -0.39 is 68.9 Å². The number of aliphatic carboxylic acids is 1. The van der Waals surface area contributed by atoms with Gasteiger partial charge < -0.3 is 14.6 Å². The molecule has 0 amide bonds. The Kier molecular flexibility index (Phi) is 7.31. The minimum absolute atomic E-state index is 0.00627. The summed E-state index contributed by atoms with van der Waals surface area (Å²) in [6, 6.07) is 3.42. The van der Waals surface area contributed by atoms with Crippen molar-refractivity contribution in [2.24, 2.45) is 7.05 Å². The van der Waals surface area contributed by atoms with E-state index in [1.54, 1.807) is 0 Å². The van der Waals surface area contributed by atoms with E-state index in [2.05, 4.69) is 4.98 Å². The molecule has 0 saturated heterocycles. The maximum Gasteiger partial charge on any atom is 0.431 e. The van der Waals surface area contributed by atoms with E-state index in [9.17, 15) is 47.2 Å². The molecule has 0 aliphatic heterocycles. The topological polar surface area (TPSA) is 156 Å². The highest BCUT2D eigenvalue weighted by Crippen LogP contribution is 2.38. The number of nitrogens with zero attached hydrogens (tertiary/aromatic N) is 4. The van der Waals surface area contributed by atoms with Gasteiger partial charge in [0.05, 0.1) is 16.7 Å². The minimum Gasteiger partial charge on any atom is -0.479 e. The molecule has 3 rings (SSSR count). The molecule has 0 bridgehead atoms. The molecule has 0 radical (unpaired) electrons. The van der Waals surface area contributed by atoms with Crippen LogP contribution in [0.15, 0.2) is 46.1 Å². The molecular formula is C21H16F4N4O8. The third-order valence-electron chi connectivity index (χ3n) is 4.93. The number of hydrogen-bond acceptors (Lipinski definition) is 8. The minimum atomic E-state index is -5.07. The molecule has 12 nitrogen and oxygen atoms in total. The summed E-state index contributed by atoms with van der Waals surface area (Å²) in [6.45, 7) is 1.50. The first-order valence-electron chi connectivity index (χ1n) is 10.2. The van der Waals surface area contributed by atoms with Gasteiger partial charge in [0.15, 0.2) is 17.7 Å². The summed E-state index contributed by atoms with van der Waals surface area (Å²) in [4.78, 5) is 50.6. The lowest BCUT2D eigenvalue weighted by Crippen LogP contribution is -2.41. The summed E-state index contributed by atoms with van der Waals surface area (Å²) in [5.41, 5.74) is -6.68. The van der Waals surface area contributed by atoms with E-state index in [1.807, 2.05) is 0 Å². The summed E-state index contributed by atoms with van der Waals surface area (Å²) >= 11 is 0. The lowest BCUT2D eigenvalue weighted by Gasteiger charge is -2.16. The second-order valence-corrected chi connectivity index (χ2v) is 7.33. The summed E-state index contributed by atoms with van der Waals surface area (Å²) < 4.78 is 65.1. The predicted molar refractivity (Wildman–Crippen MR) is 116 cm³/mol. The molecule has 1 unspecified atom stereocenters. The summed E-state index contributed by atoms with van der Waals surface area (Å²) in [5.74, 6) is -4.34. The monoisotopic (exact) mass is 528 g/mol. The second-order valence-electron chi connectivity index (χ2n) is 7.33. The number of nitro groups is 1. The van der Waals surface area contributed by atoms with Gasteiger partial charge in [-0.05, 0) is 18.6 Å². The van der Waals surface area contributed by atoms with Gasteiger partial charge >= 0.3 is 23.5 Å².